The van der Waals surface area contributed by atoms with Gasteiger partial charge >= 0.3 is 0 Å². The Bertz CT molecular complexity index is 654. The third-order valence-corrected chi connectivity index (χ3v) is 2.49. The van der Waals surface area contributed by atoms with Gasteiger partial charge in [0.05, 0.1) is 11.9 Å². The van der Waals surface area contributed by atoms with E-state index in [1.54, 1.807) is 0 Å². The molecule has 2 aromatic rings. The summed E-state index contributed by atoms with van der Waals surface area (Å²) >= 11 is 0. The average molecular weight is 270 g/mol. The molecule has 0 spiro atoms. The van der Waals surface area contributed by atoms with E-state index >= 15 is 0 Å². The summed E-state index contributed by atoms with van der Waals surface area (Å²) in [6.45, 7) is 0. The maximum absolute atomic E-state index is 13.3. The van der Waals surface area contributed by atoms with Gasteiger partial charge in [-0.1, -0.05) is 0 Å². The number of amides is 1. The summed E-state index contributed by atoms with van der Waals surface area (Å²) in [6, 6.07) is 0.896. The molecule has 0 fully saturated rings. The molecule has 1 aromatic carbocycles. The topological polar surface area (TPSA) is 72.9 Å². The molecule has 0 bridgehead atoms. The van der Waals surface area contributed by atoms with E-state index in [1.807, 2.05) is 0 Å². The normalized spacial score (nSPS) is 10.5. The molecular formula is C11H9F3N4O. The highest BCUT2D eigenvalue weighted by molar-refractivity contribution is 6.07. The molecule has 0 aliphatic heterocycles. The number of benzene rings is 1. The molecule has 0 saturated heterocycles. The Hall–Kier alpha value is -2.51. The minimum absolute atomic E-state index is 0.00614. The molecule has 0 atom stereocenters. The maximum atomic E-state index is 13.3. The average Bonchev–Trinajstić information content (AvgIpc) is 2.67. The lowest BCUT2D eigenvalue weighted by Gasteiger charge is -2.06. The maximum Gasteiger partial charge on any atom is 0.261 e. The van der Waals surface area contributed by atoms with Gasteiger partial charge in [0.25, 0.3) is 5.91 Å². The summed E-state index contributed by atoms with van der Waals surface area (Å²) in [5.41, 5.74) is 5.09. The molecule has 0 aliphatic rings. The van der Waals surface area contributed by atoms with E-state index in [-0.39, 0.29) is 11.4 Å². The van der Waals surface area contributed by atoms with Gasteiger partial charge in [-0.3, -0.25) is 9.48 Å². The van der Waals surface area contributed by atoms with Crippen molar-refractivity contribution in [3.8, 4) is 0 Å². The fraction of sp³-hybridized carbons (Fsp3) is 0.0909. The van der Waals surface area contributed by atoms with Crippen LogP contribution in [0, 0.1) is 17.5 Å². The predicted octanol–water partition coefficient (Wildman–Crippen LogP) is 1.67. The second kappa shape index (κ2) is 4.63. The van der Waals surface area contributed by atoms with Gasteiger partial charge in [-0.2, -0.15) is 5.10 Å². The Morgan fingerprint density at radius 3 is 2.47 bits per heavy atom. The van der Waals surface area contributed by atoms with Gasteiger partial charge in [-0.15, -0.1) is 0 Å². The number of anilines is 2. The number of aromatic nitrogens is 2. The minimum Gasteiger partial charge on any atom is -0.383 e. The van der Waals surface area contributed by atoms with Crippen LogP contribution in [0.25, 0.3) is 0 Å². The lowest BCUT2D eigenvalue weighted by molar-refractivity contribution is 0.102. The second-order valence-corrected chi connectivity index (χ2v) is 3.77. The highest BCUT2D eigenvalue weighted by atomic mass is 19.2. The molecule has 100 valence electrons. The van der Waals surface area contributed by atoms with E-state index in [2.05, 4.69) is 10.4 Å². The van der Waals surface area contributed by atoms with Crippen LogP contribution in [-0.2, 0) is 7.05 Å². The van der Waals surface area contributed by atoms with Gasteiger partial charge in [0.2, 0.25) is 0 Å². The van der Waals surface area contributed by atoms with Gasteiger partial charge in [-0.05, 0) is 0 Å². The number of carbonyl (C=O) groups excluding carboxylic acids is 1. The number of hydrogen-bond acceptors (Lipinski definition) is 3. The zero-order valence-corrected chi connectivity index (χ0v) is 9.75. The van der Waals surface area contributed by atoms with Crippen LogP contribution in [-0.4, -0.2) is 15.7 Å². The molecule has 3 N–H and O–H groups in total. The first-order valence-corrected chi connectivity index (χ1v) is 5.13. The van der Waals surface area contributed by atoms with Crippen LogP contribution in [0.1, 0.15) is 10.4 Å². The van der Waals surface area contributed by atoms with E-state index in [9.17, 15) is 18.0 Å². The molecule has 0 aliphatic carbocycles. The van der Waals surface area contributed by atoms with Crippen molar-refractivity contribution in [2.45, 2.75) is 0 Å². The van der Waals surface area contributed by atoms with E-state index in [4.69, 9.17) is 5.73 Å². The van der Waals surface area contributed by atoms with E-state index in [0.717, 1.165) is 0 Å². The van der Waals surface area contributed by atoms with Crippen molar-refractivity contribution in [1.29, 1.82) is 0 Å². The Balaban J connectivity index is 2.29. The van der Waals surface area contributed by atoms with Crippen molar-refractivity contribution in [2.24, 2.45) is 7.05 Å². The van der Waals surface area contributed by atoms with Crippen molar-refractivity contribution in [3.63, 3.8) is 0 Å². The second-order valence-electron chi connectivity index (χ2n) is 3.77. The monoisotopic (exact) mass is 270 g/mol. The fourth-order valence-electron chi connectivity index (χ4n) is 1.43. The Morgan fingerprint density at radius 1 is 1.26 bits per heavy atom. The molecule has 19 heavy (non-hydrogen) atoms. The summed E-state index contributed by atoms with van der Waals surface area (Å²) < 4.78 is 40.3. The van der Waals surface area contributed by atoms with Gasteiger partial charge < -0.3 is 11.1 Å². The van der Waals surface area contributed by atoms with Crippen LogP contribution in [0.15, 0.2) is 18.3 Å². The molecule has 0 radical (unpaired) electrons. The smallest absolute Gasteiger partial charge is 0.261 e. The van der Waals surface area contributed by atoms with Crippen LogP contribution in [0.4, 0.5) is 24.7 Å². The molecular weight excluding hydrogens is 261 g/mol. The third kappa shape index (κ3) is 2.37. The van der Waals surface area contributed by atoms with Crippen LogP contribution < -0.4 is 11.1 Å². The van der Waals surface area contributed by atoms with Crippen molar-refractivity contribution < 1.29 is 18.0 Å². The lowest BCUT2D eigenvalue weighted by Crippen LogP contribution is -2.15. The van der Waals surface area contributed by atoms with Crippen molar-refractivity contribution >= 4 is 17.4 Å². The number of carbonyl (C=O) groups is 1. The summed E-state index contributed by atoms with van der Waals surface area (Å²) in [6.07, 6.45) is 1.18. The van der Waals surface area contributed by atoms with Gasteiger partial charge in [0.1, 0.15) is 17.2 Å². The third-order valence-electron chi connectivity index (χ3n) is 2.49. The predicted molar refractivity (Wildman–Crippen MR) is 61.9 cm³/mol. The summed E-state index contributed by atoms with van der Waals surface area (Å²) in [5.74, 6) is -4.39. The molecule has 1 heterocycles. The number of nitrogens with zero attached hydrogens (tertiary/aromatic N) is 2. The zero-order valence-electron chi connectivity index (χ0n) is 9.75. The summed E-state index contributed by atoms with van der Waals surface area (Å²) in [5, 5.41) is 5.83. The Labute approximate surface area is 105 Å². The van der Waals surface area contributed by atoms with Gasteiger partial charge in [-0.25, -0.2) is 13.2 Å². The molecule has 5 nitrogen and oxygen atoms in total. The number of nitrogen functional groups attached to an aromatic ring is 1. The first-order chi connectivity index (χ1) is 8.90. The molecule has 1 amide bonds. The van der Waals surface area contributed by atoms with Gasteiger partial charge in [0, 0.05) is 19.2 Å². The highest BCUT2D eigenvalue weighted by Crippen LogP contribution is 2.20. The fourth-order valence-corrected chi connectivity index (χ4v) is 1.43. The summed E-state index contributed by atoms with van der Waals surface area (Å²) in [7, 11) is 1.52. The number of hydrogen-bond donors (Lipinski definition) is 2. The SMILES string of the molecule is Cn1ncc(C(=O)Nc2cc(F)c(F)cc2F)c1N. The Morgan fingerprint density at radius 2 is 1.89 bits per heavy atom. The Kier molecular flexibility index (Phi) is 3.16. The molecule has 0 saturated carbocycles. The molecule has 2 rings (SSSR count). The van der Waals surface area contributed by atoms with E-state index in [1.165, 1.54) is 17.9 Å². The van der Waals surface area contributed by atoms with E-state index < -0.39 is 29.0 Å². The number of rotatable bonds is 2. The largest absolute Gasteiger partial charge is 0.383 e. The number of aryl methyl sites for hydroxylation is 1. The van der Waals surface area contributed by atoms with Crippen LogP contribution in [0.2, 0.25) is 0 Å². The molecule has 0 unspecified atom stereocenters. The van der Waals surface area contributed by atoms with Crippen LogP contribution >= 0.6 is 0 Å². The van der Waals surface area contributed by atoms with Crippen molar-refractivity contribution in [1.82, 2.24) is 9.78 Å². The number of nitrogens with two attached hydrogens (primary N) is 1. The lowest BCUT2D eigenvalue weighted by atomic mass is 10.2. The van der Waals surface area contributed by atoms with Crippen molar-refractivity contribution in [3.05, 3.63) is 41.3 Å². The van der Waals surface area contributed by atoms with Crippen molar-refractivity contribution in [2.75, 3.05) is 11.1 Å². The standard InChI is InChI=1S/C11H9F3N4O/c1-18-10(15)5(4-16-18)11(19)17-9-3-7(13)6(12)2-8(9)14/h2-4H,15H2,1H3,(H,17,19). The zero-order chi connectivity index (χ0) is 14.2. The highest BCUT2D eigenvalue weighted by Gasteiger charge is 2.17. The first-order valence-electron chi connectivity index (χ1n) is 5.13. The van der Waals surface area contributed by atoms with Gasteiger partial charge in [0.15, 0.2) is 11.6 Å². The van der Waals surface area contributed by atoms with E-state index in [0.29, 0.717) is 12.1 Å². The first kappa shape index (κ1) is 12.9. The molecule has 1 aromatic heterocycles. The van der Waals surface area contributed by atoms with Crippen LogP contribution in [0.5, 0.6) is 0 Å². The number of nitrogens with one attached hydrogen (secondary N) is 1. The number of halogens is 3. The quantitative estimate of drug-likeness (QED) is 0.815. The molecule has 8 heteroatoms. The summed E-state index contributed by atoms with van der Waals surface area (Å²) in [4.78, 5) is 11.8. The minimum atomic E-state index is -1.34. The van der Waals surface area contributed by atoms with Crippen LogP contribution in [0.3, 0.4) is 0 Å².